The van der Waals surface area contributed by atoms with E-state index < -0.39 is 24.0 Å². The highest BCUT2D eigenvalue weighted by atomic mass is 19.4. The first kappa shape index (κ1) is 13.5. The Hall–Kier alpha value is -1.60. The number of alkyl halides is 5. The van der Waals surface area contributed by atoms with Crippen molar-refractivity contribution in [2.75, 3.05) is 0 Å². The van der Waals surface area contributed by atoms with Crippen LogP contribution in [-0.2, 0) is 4.79 Å². The molecule has 3 nitrogen and oxygen atoms in total. The lowest BCUT2D eigenvalue weighted by Crippen LogP contribution is -2.50. The molecule has 0 aliphatic rings. The highest BCUT2D eigenvalue weighted by Crippen LogP contribution is 2.35. The number of furan rings is 1. The number of carbonyl (C=O) groups is 1. The predicted molar refractivity (Wildman–Crippen MR) is 46.3 cm³/mol. The van der Waals surface area contributed by atoms with E-state index in [0.717, 1.165) is 0 Å². The van der Waals surface area contributed by atoms with Crippen molar-refractivity contribution < 1.29 is 31.2 Å². The van der Waals surface area contributed by atoms with E-state index >= 15 is 0 Å². The summed E-state index contributed by atoms with van der Waals surface area (Å²) in [5.41, 5.74) is 0. The molecule has 1 atom stereocenters. The van der Waals surface area contributed by atoms with Gasteiger partial charge < -0.3 is 9.73 Å². The number of nitrogens with one attached hydrogen (secondary N) is 1. The third kappa shape index (κ3) is 2.75. The summed E-state index contributed by atoms with van der Waals surface area (Å²) >= 11 is 0. The second-order valence-corrected chi connectivity index (χ2v) is 3.28. The van der Waals surface area contributed by atoms with E-state index in [4.69, 9.17) is 4.42 Å². The molecule has 1 heterocycles. The molecule has 0 saturated carbocycles. The van der Waals surface area contributed by atoms with Crippen LogP contribution in [0.3, 0.4) is 0 Å². The first-order chi connectivity index (χ1) is 7.66. The maximum absolute atomic E-state index is 12.6. The summed E-state index contributed by atoms with van der Waals surface area (Å²) in [5, 5.41) is 1.53. The van der Waals surface area contributed by atoms with Crippen LogP contribution >= 0.6 is 0 Å². The highest BCUT2D eigenvalue weighted by molar-refractivity contribution is 5.84. The number of carbonyl (C=O) groups excluding carboxylic acids is 1. The van der Waals surface area contributed by atoms with E-state index in [0.29, 0.717) is 0 Å². The Kier molecular flexibility index (Phi) is 3.44. The summed E-state index contributed by atoms with van der Waals surface area (Å²) in [6.45, 7) is 1.23. The van der Waals surface area contributed by atoms with Crippen LogP contribution in [0.4, 0.5) is 22.0 Å². The molecule has 8 heteroatoms. The number of rotatable bonds is 3. The van der Waals surface area contributed by atoms with Gasteiger partial charge in [-0.1, -0.05) is 0 Å². The first-order valence-corrected chi connectivity index (χ1v) is 4.45. The summed E-state index contributed by atoms with van der Waals surface area (Å²) in [4.78, 5) is 10.8. The number of hydrogen-bond donors (Lipinski definition) is 1. The molecule has 0 aliphatic carbocycles. The first-order valence-electron chi connectivity index (χ1n) is 4.45. The van der Waals surface area contributed by atoms with Crippen molar-refractivity contribution in [3.05, 3.63) is 24.2 Å². The lowest BCUT2D eigenvalue weighted by atomic mass is 10.2. The van der Waals surface area contributed by atoms with E-state index in [1.807, 2.05) is 0 Å². The molecule has 1 N–H and O–H groups in total. The van der Waals surface area contributed by atoms with Crippen molar-refractivity contribution in [1.29, 1.82) is 0 Å². The maximum Gasteiger partial charge on any atom is 0.463 e. The van der Waals surface area contributed by atoms with Gasteiger partial charge in [0, 0.05) is 0 Å². The molecule has 0 aliphatic heterocycles. The van der Waals surface area contributed by atoms with Crippen LogP contribution in [0, 0.1) is 0 Å². The lowest BCUT2D eigenvalue weighted by Gasteiger charge is -2.20. The third-order valence-corrected chi connectivity index (χ3v) is 1.96. The average Bonchev–Trinajstić information content (AvgIpc) is 2.68. The Morgan fingerprint density at radius 3 is 2.35 bits per heavy atom. The second kappa shape index (κ2) is 4.34. The molecule has 0 fully saturated rings. The predicted octanol–water partition coefficient (Wildman–Crippen LogP) is 2.65. The van der Waals surface area contributed by atoms with Gasteiger partial charge in [0.05, 0.1) is 12.3 Å². The minimum atomic E-state index is -5.92. The van der Waals surface area contributed by atoms with E-state index in [1.165, 1.54) is 30.6 Å². The van der Waals surface area contributed by atoms with Crippen molar-refractivity contribution in [2.45, 2.75) is 25.1 Å². The normalized spacial score (nSPS) is 14.5. The summed E-state index contributed by atoms with van der Waals surface area (Å²) in [5.74, 6) is -7.75. The monoisotopic (exact) mass is 257 g/mol. The van der Waals surface area contributed by atoms with Crippen molar-refractivity contribution in [2.24, 2.45) is 0 Å². The molecule has 0 spiro atoms. The zero-order chi connectivity index (χ0) is 13.3. The minimum Gasteiger partial charge on any atom is -0.467 e. The fraction of sp³-hybridized carbons (Fsp3) is 0.444. The highest BCUT2D eigenvalue weighted by Gasteiger charge is 2.63. The SMILES string of the molecule is CC(NC(=O)C(F)(F)C(F)(F)F)c1ccco1. The van der Waals surface area contributed by atoms with E-state index in [-0.39, 0.29) is 5.76 Å². The molecule has 1 amide bonds. The second-order valence-electron chi connectivity index (χ2n) is 3.28. The van der Waals surface area contributed by atoms with Crippen LogP contribution in [-0.4, -0.2) is 18.0 Å². The van der Waals surface area contributed by atoms with Crippen LogP contribution in [0.2, 0.25) is 0 Å². The van der Waals surface area contributed by atoms with Gasteiger partial charge in [0.2, 0.25) is 0 Å². The molecule has 1 aromatic rings. The summed E-state index contributed by atoms with van der Waals surface area (Å²) in [7, 11) is 0. The molecule has 17 heavy (non-hydrogen) atoms. The molecule has 0 aromatic carbocycles. The number of amides is 1. The fourth-order valence-corrected chi connectivity index (χ4v) is 1.02. The molecule has 96 valence electrons. The van der Waals surface area contributed by atoms with Gasteiger partial charge in [-0.25, -0.2) is 0 Å². The van der Waals surface area contributed by atoms with Crippen molar-refractivity contribution in [3.8, 4) is 0 Å². The lowest BCUT2D eigenvalue weighted by molar-refractivity contribution is -0.270. The van der Waals surface area contributed by atoms with Gasteiger partial charge in [0.25, 0.3) is 0 Å². The average molecular weight is 257 g/mol. The zero-order valence-electron chi connectivity index (χ0n) is 8.52. The number of halogens is 5. The van der Waals surface area contributed by atoms with Crippen LogP contribution in [0.25, 0.3) is 0 Å². The van der Waals surface area contributed by atoms with Crippen LogP contribution in [0.1, 0.15) is 18.7 Å². The van der Waals surface area contributed by atoms with E-state index in [2.05, 4.69) is 0 Å². The Morgan fingerprint density at radius 1 is 1.35 bits per heavy atom. The standard InChI is InChI=1S/C9H8F5NO2/c1-5(6-3-2-4-17-6)15-7(16)8(10,11)9(12,13)14/h2-5H,1H3,(H,15,16). The van der Waals surface area contributed by atoms with E-state index in [9.17, 15) is 26.7 Å². The van der Waals surface area contributed by atoms with Gasteiger partial charge in [0.15, 0.2) is 0 Å². The molecule has 0 saturated heterocycles. The van der Waals surface area contributed by atoms with Gasteiger partial charge in [-0.3, -0.25) is 4.79 Å². The Morgan fingerprint density at radius 2 is 1.94 bits per heavy atom. The molecular formula is C9H8F5NO2. The van der Waals surface area contributed by atoms with Gasteiger partial charge in [-0.15, -0.1) is 0 Å². The Bertz CT molecular complexity index is 385. The third-order valence-electron chi connectivity index (χ3n) is 1.96. The molecule has 0 bridgehead atoms. The fourth-order valence-electron chi connectivity index (χ4n) is 1.02. The van der Waals surface area contributed by atoms with Crippen LogP contribution < -0.4 is 5.32 Å². The molecule has 1 unspecified atom stereocenters. The largest absolute Gasteiger partial charge is 0.467 e. The minimum absolute atomic E-state index is 0.0799. The summed E-state index contributed by atoms with van der Waals surface area (Å²) in [6, 6.07) is 1.68. The smallest absolute Gasteiger partial charge is 0.463 e. The van der Waals surface area contributed by atoms with E-state index in [1.54, 1.807) is 0 Å². The van der Waals surface area contributed by atoms with Gasteiger partial charge in [-0.05, 0) is 19.1 Å². The Labute approximate surface area is 92.6 Å². The summed E-state index contributed by atoms with van der Waals surface area (Å²) in [6.07, 6.45) is -4.71. The maximum atomic E-state index is 12.6. The van der Waals surface area contributed by atoms with Gasteiger partial charge in [0.1, 0.15) is 5.76 Å². The van der Waals surface area contributed by atoms with Crippen LogP contribution in [0.5, 0.6) is 0 Å². The van der Waals surface area contributed by atoms with Crippen molar-refractivity contribution in [3.63, 3.8) is 0 Å². The molecule has 1 aromatic heterocycles. The van der Waals surface area contributed by atoms with Gasteiger partial charge in [-0.2, -0.15) is 22.0 Å². The Balaban J connectivity index is 2.73. The molecule has 1 rings (SSSR count). The molecular weight excluding hydrogens is 249 g/mol. The van der Waals surface area contributed by atoms with Crippen LogP contribution in [0.15, 0.2) is 22.8 Å². The number of hydrogen-bond acceptors (Lipinski definition) is 2. The van der Waals surface area contributed by atoms with Gasteiger partial charge >= 0.3 is 18.0 Å². The molecule has 0 radical (unpaired) electrons. The van der Waals surface area contributed by atoms with Crippen molar-refractivity contribution in [1.82, 2.24) is 5.32 Å². The van der Waals surface area contributed by atoms with Crippen molar-refractivity contribution >= 4 is 5.91 Å². The summed E-state index contributed by atoms with van der Waals surface area (Å²) < 4.78 is 65.4. The quantitative estimate of drug-likeness (QED) is 0.846. The topological polar surface area (TPSA) is 42.2 Å². The zero-order valence-corrected chi connectivity index (χ0v) is 8.52.